The highest BCUT2D eigenvalue weighted by molar-refractivity contribution is 7.00. The first-order valence-electron chi connectivity index (χ1n) is 8.35. The molecule has 0 aliphatic heterocycles. The second kappa shape index (κ2) is 7.23. The summed E-state index contributed by atoms with van der Waals surface area (Å²) in [6, 6.07) is 5.08. The van der Waals surface area contributed by atoms with Crippen LogP contribution in [0.2, 0.25) is 31.2 Å². The zero-order valence-corrected chi connectivity index (χ0v) is 15.9. The first kappa shape index (κ1) is 17.2. The van der Waals surface area contributed by atoms with Crippen molar-refractivity contribution in [2.75, 3.05) is 0 Å². The Balaban J connectivity index is 2.98. The van der Waals surface area contributed by atoms with Gasteiger partial charge in [0, 0.05) is 6.04 Å². The minimum Gasteiger partial charge on any atom is -0.316 e. The van der Waals surface area contributed by atoms with E-state index in [1.54, 1.807) is 0 Å². The van der Waals surface area contributed by atoms with E-state index in [4.69, 9.17) is 0 Å². The van der Waals surface area contributed by atoms with Crippen LogP contribution in [0.4, 0.5) is 0 Å². The van der Waals surface area contributed by atoms with Crippen LogP contribution < -0.4 is 5.32 Å². The summed E-state index contributed by atoms with van der Waals surface area (Å²) in [6.45, 7) is 16.6. The van der Waals surface area contributed by atoms with Crippen LogP contribution in [-0.2, 0) is 0 Å². The fourth-order valence-electron chi connectivity index (χ4n) is 3.99. The average molecular weight is 298 g/mol. The second-order valence-corrected chi connectivity index (χ2v) is 17.7. The Labute approximate surface area is 123 Å². The van der Waals surface area contributed by atoms with Crippen LogP contribution in [0.3, 0.4) is 0 Å². The molecule has 0 radical (unpaired) electrons. The predicted octanol–water partition coefficient (Wildman–Crippen LogP) is 4.91. The summed E-state index contributed by atoms with van der Waals surface area (Å²) in [7, 11) is -2.55. The van der Waals surface area contributed by atoms with E-state index < -0.39 is 16.1 Å². The summed E-state index contributed by atoms with van der Waals surface area (Å²) >= 11 is 0. The molecule has 1 saturated carbocycles. The standard InChI is InChI=1S/C16H35NSi2/c1-7-18(5,6)16(17-15-13-11-12-14-15)19(8-2,9-3)10-4/h7,15-17H,1,8-14H2,2-6H3. The van der Waals surface area contributed by atoms with Gasteiger partial charge >= 0.3 is 0 Å². The molecular weight excluding hydrogens is 262 g/mol. The summed E-state index contributed by atoms with van der Waals surface area (Å²) < 4.78 is 0. The van der Waals surface area contributed by atoms with Gasteiger partial charge in [0.05, 0.1) is 16.1 Å². The van der Waals surface area contributed by atoms with Gasteiger partial charge in [0.25, 0.3) is 0 Å². The molecule has 0 aromatic carbocycles. The van der Waals surface area contributed by atoms with Crippen LogP contribution in [0.1, 0.15) is 46.5 Å². The largest absolute Gasteiger partial charge is 0.316 e. The summed E-state index contributed by atoms with van der Waals surface area (Å²) in [6.07, 6.45) is 5.66. The van der Waals surface area contributed by atoms with Gasteiger partial charge in [0.2, 0.25) is 0 Å². The molecule has 0 heterocycles. The van der Waals surface area contributed by atoms with E-state index in [9.17, 15) is 0 Å². The summed E-state index contributed by atoms with van der Waals surface area (Å²) in [5.41, 5.74) is 2.34. The predicted molar refractivity (Wildman–Crippen MR) is 94.1 cm³/mol. The average Bonchev–Trinajstić information content (AvgIpc) is 2.93. The summed E-state index contributed by atoms with van der Waals surface area (Å²) in [4.78, 5) is 0. The van der Waals surface area contributed by atoms with Crippen LogP contribution in [0.25, 0.3) is 0 Å². The maximum absolute atomic E-state index is 4.19. The molecule has 3 heteroatoms. The van der Waals surface area contributed by atoms with E-state index in [0.717, 1.165) is 11.3 Å². The molecule has 1 aliphatic carbocycles. The van der Waals surface area contributed by atoms with Gasteiger partial charge in [-0.25, -0.2) is 0 Å². The van der Waals surface area contributed by atoms with Crippen molar-refractivity contribution in [2.45, 2.75) is 89.0 Å². The van der Waals surface area contributed by atoms with Crippen LogP contribution in [0, 0.1) is 0 Å². The lowest BCUT2D eigenvalue weighted by atomic mass is 10.3. The number of rotatable bonds is 8. The first-order valence-corrected chi connectivity index (χ1v) is 14.2. The van der Waals surface area contributed by atoms with Crippen molar-refractivity contribution >= 4 is 16.1 Å². The molecule has 1 N–H and O–H groups in total. The van der Waals surface area contributed by atoms with Crippen molar-refractivity contribution in [3.05, 3.63) is 12.3 Å². The van der Waals surface area contributed by atoms with Crippen molar-refractivity contribution in [3.63, 3.8) is 0 Å². The maximum Gasteiger partial charge on any atom is 0.0855 e. The van der Waals surface area contributed by atoms with Crippen LogP contribution in [0.5, 0.6) is 0 Å². The number of hydrogen-bond donors (Lipinski definition) is 1. The zero-order chi connectivity index (χ0) is 14.5. The van der Waals surface area contributed by atoms with E-state index in [1.165, 1.54) is 43.8 Å². The van der Waals surface area contributed by atoms with Gasteiger partial charge in [-0.3, -0.25) is 0 Å². The van der Waals surface area contributed by atoms with Crippen molar-refractivity contribution in [2.24, 2.45) is 0 Å². The second-order valence-electron chi connectivity index (χ2n) is 7.03. The Morgan fingerprint density at radius 3 is 1.95 bits per heavy atom. The minimum atomic E-state index is -1.36. The normalized spacial score (nSPS) is 19.6. The lowest BCUT2D eigenvalue weighted by molar-refractivity contribution is 0.536. The molecule has 1 rings (SSSR count). The van der Waals surface area contributed by atoms with Gasteiger partial charge in [-0.15, -0.1) is 12.3 Å². The van der Waals surface area contributed by atoms with E-state index >= 15 is 0 Å². The van der Waals surface area contributed by atoms with E-state index in [1.807, 2.05) is 0 Å². The van der Waals surface area contributed by atoms with Gasteiger partial charge in [-0.2, -0.15) is 0 Å². The molecule has 0 saturated heterocycles. The van der Waals surface area contributed by atoms with Crippen LogP contribution in [-0.4, -0.2) is 27.5 Å². The van der Waals surface area contributed by atoms with Gasteiger partial charge in [0.1, 0.15) is 0 Å². The first-order chi connectivity index (χ1) is 8.95. The van der Waals surface area contributed by atoms with Crippen molar-refractivity contribution < 1.29 is 0 Å². The Hall–Kier alpha value is 0.134. The number of hydrogen-bond acceptors (Lipinski definition) is 1. The molecule has 0 aromatic rings. The third-order valence-corrected chi connectivity index (χ3v) is 18.1. The highest BCUT2D eigenvalue weighted by Gasteiger charge is 2.45. The van der Waals surface area contributed by atoms with Gasteiger partial charge in [-0.05, 0) is 18.1 Å². The lowest BCUT2D eigenvalue weighted by Crippen LogP contribution is -2.67. The summed E-state index contributed by atoms with van der Waals surface area (Å²) in [5.74, 6) is 0. The number of nitrogens with one attached hydrogen (secondary N) is 1. The Morgan fingerprint density at radius 1 is 1.11 bits per heavy atom. The molecule has 1 atom stereocenters. The van der Waals surface area contributed by atoms with Crippen LogP contribution in [0.15, 0.2) is 12.3 Å². The molecule has 1 nitrogen and oxygen atoms in total. The quantitative estimate of drug-likeness (QED) is 0.628. The van der Waals surface area contributed by atoms with E-state index in [0.29, 0.717) is 0 Å². The van der Waals surface area contributed by atoms with Gasteiger partial charge in [-0.1, -0.05) is 64.8 Å². The fraction of sp³-hybridized carbons (Fsp3) is 0.875. The Bertz CT molecular complexity index is 270. The molecule has 19 heavy (non-hydrogen) atoms. The molecule has 0 bridgehead atoms. The Morgan fingerprint density at radius 2 is 1.58 bits per heavy atom. The molecule has 1 aliphatic rings. The van der Waals surface area contributed by atoms with Crippen LogP contribution >= 0.6 is 0 Å². The van der Waals surface area contributed by atoms with Crippen molar-refractivity contribution in [1.82, 2.24) is 5.32 Å². The third-order valence-electron chi connectivity index (χ3n) is 5.75. The minimum absolute atomic E-state index is 0.799. The zero-order valence-electron chi connectivity index (χ0n) is 13.9. The monoisotopic (exact) mass is 297 g/mol. The van der Waals surface area contributed by atoms with E-state index in [2.05, 4.69) is 51.5 Å². The third kappa shape index (κ3) is 3.82. The topological polar surface area (TPSA) is 12.0 Å². The molecule has 0 aromatic heterocycles. The fourth-order valence-corrected chi connectivity index (χ4v) is 16.7. The van der Waals surface area contributed by atoms with Crippen molar-refractivity contribution in [1.29, 1.82) is 0 Å². The molecule has 1 fully saturated rings. The molecule has 1 unspecified atom stereocenters. The molecular formula is C16H35NSi2. The van der Waals surface area contributed by atoms with Gasteiger partial charge < -0.3 is 5.32 Å². The lowest BCUT2D eigenvalue weighted by Gasteiger charge is -2.46. The van der Waals surface area contributed by atoms with E-state index in [-0.39, 0.29) is 0 Å². The highest BCUT2D eigenvalue weighted by atomic mass is 28.4. The SMILES string of the molecule is C=C[Si](C)(C)C(NC1CCCC1)[Si](CC)(CC)CC. The smallest absolute Gasteiger partial charge is 0.0855 e. The maximum atomic E-state index is 4.19. The summed E-state index contributed by atoms with van der Waals surface area (Å²) in [5, 5.41) is 4.97. The van der Waals surface area contributed by atoms with Crippen molar-refractivity contribution in [3.8, 4) is 0 Å². The Kier molecular flexibility index (Phi) is 6.54. The molecule has 0 amide bonds. The van der Waals surface area contributed by atoms with Gasteiger partial charge in [0.15, 0.2) is 0 Å². The molecule has 112 valence electrons. The molecule has 0 spiro atoms. The highest BCUT2D eigenvalue weighted by Crippen LogP contribution is 2.32.